The van der Waals surface area contributed by atoms with Gasteiger partial charge in [-0.25, -0.2) is 0 Å². The summed E-state index contributed by atoms with van der Waals surface area (Å²) in [6.07, 6.45) is 3.13. The van der Waals surface area contributed by atoms with Gasteiger partial charge in [-0.15, -0.1) is 0 Å². The SMILES string of the molecule is Cc1ccc(NC(=O)/C=C/c2cccc(OCc3ccccc3)c2)c(O)c1. The minimum atomic E-state index is -0.315. The van der Waals surface area contributed by atoms with Crippen molar-refractivity contribution in [1.29, 1.82) is 0 Å². The monoisotopic (exact) mass is 359 g/mol. The van der Waals surface area contributed by atoms with Crippen LogP contribution in [0.2, 0.25) is 0 Å². The molecule has 4 nitrogen and oxygen atoms in total. The van der Waals surface area contributed by atoms with E-state index in [9.17, 15) is 9.90 Å². The van der Waals surface area contributed by atoms with Crippen LogP contribution in [0.1, 0.15) is 16.7 Å². The average Bonchev–Trinajstić information content (AvgIpc) is 2.68. The number of ether oxygens (including phenoxy) is 1. The summed E-state index contributed by atoms with van der Waals surface area (Å²) in [7, 11) is 0. The van der Waals surface area contributed by atoms with Crippen LogP contribution in [0.15, 0.2) is 78.9 Å². The fraction of sp³-hybridized carbons (Fsp3) is 0.0870. The number of benzene rings is 3. The maximum absolute atomic E-state index is 12.1. The minimum absolute atomic E-state index is 0.0491. The Morgan fingerprint density at radius 1 is 1.04 bits per heavy atom. The van der Waals surface area contributed by atoms with Gasteiger partial charge in [0.2, 0.25) is 5.91 Å². The fourth-order valence-electron chi connectivity index (χ4n) is 2.54. The number of aromatic hydroxyl groups is 1. The topological polar surface area (TPSA) is 58.6 Å². The van der Waals surface area contributed by atoms with Gasteiger partial charge in [-0.3, -0.25) is 4.79 Å². The average molecular weight is 359 g/mol. The van der Waals surface area contributed by atoms with Gasteiger partial charge in [0.05, 0.1) is 5.69 Å². The summed E-state index contributed by atoms with van der Waals surface area (Å²) in [6.45, 7) is 2.36. The van der Waals surface area contributed by atoms with E-state index in [4.69, 9.17) is 4.74 Å². The summed E-state index contributed by atoms with van der Waals surface area (Å²) < 4.78 is 5.79. The lowest BCUT2D eigenvalue weighted by molar-refractivity contribution is -0.111. The van der Waals surface area contributed by atoms with Crippen LogP contribution in [0.25, 0.3) is 6.08 Å². The maximum Gasteiger partial charge on any atom is 0.248 e. The van der Waals surface area contributed by atoms with Gasteiger partial charge in [0.1, 0.15) is 18.1 Å². The third-order valence-corrected chi connectivity index (χ3v) is 3.94. The molecule has 0 radical (unpaired) electrons. The number of hydrogen-bond acceptors (Lipinski definition) is 3. The first-order valence-electron chi connectivity index (χ1n) is 8.65. The van der Waals surface area contributed by atoms with Crippen LogP contribution in [0, 0.1) is 6.92 Å². The maximum atomic E-state index is 12.1. The third kappa shape index (κ3) is 5.47. The van der Waals surface area contributed by atoms with Crippen molar-refractivity contribution in [2.45, 2.75) is 13.5 Å². The molecule has 0 fully saturated rings. The molecule has 0 saturated carbocycles. The summed E-state index contributed by atoms with van der Waals surface area (Å²) in [4.78, 5) is 12.1. The molecule has 3 aromatic rings. The number of aryl methyl sites for hydroxylation is 1. The molecule has 0 heterocycles. The van der Waals surface area contributed by atoms with E-state index in [1.54, 1.807) is 18.2 Å². The van der Waals surface area contributed by atoms with Crippen molar-refractivity contribution in [2.75, 3.05) is 5.32 Å². The third-order valence-electron chi connectivity index (χ3n) is 3.94. The molecular formula is C23H21NO3. The van der Waals surface area contributed by atoms with Crippen molar-refractivity contribution in [3.63, 3.8) is 0 Å². The molecule has 3 rings (SSSR count). The zero-order valence-electron chi connectivity index (χ0n) is 15.1. The molecule has 4 heteroatoms. The van der Waals surface area contributed by atoms with Crippen molar-refractivity contribution >= 4 is 17.7 Å². The normalized spacial score (nSPS) is 10.7. The van der Waals surface area contributed by atoms with Gasteiger partial charge in [-0.1, -0.05) is 48.5 Å². The van der Waals surface area contributed by atoms with Crippen LogP contribution < -0.4 is 10.1 Å². The Labute approximate surface area is 158 Å². The van der Waals surface area contributed by atoms with E-state index in [1.165, 1.54) is 6.08 Å². The summed E-state index contributed by atoms with van der Waals surface area (Å²) in [5.74, 6) is 0.468. The Balaban J connectivity index is 1.60. The van der Waals surface area contributed by atoms with Crippen molar-refractivity contribution in [3.8, 4) is 11.5 Å². The molecule has 2 N–H and O–H groups in total. The van der Waals surface area contributed by atoms with Crippen molar-refractivity contribution in [1.82, 2.24) is 0 Å². The van der Waals surface area contributed by atoms with Gasteiger partial charge in [-0.2, -0.15) is 0 Å². The molecule has 0 aliphatic carbocycles. The quantitative estimate of drug-likeness (QED) is 0.484. The van der Waals surface area contributed by atoms with Crippen LogP contribution in [-0.2, 0) is 11.4 Å². The molecule has 1 amide bonds. The highest BCUT2D eigenvalue weighted by molar-refractivity contribution is 6.02. The number of phenols is 1. The first kappa shape index (κ1) is 18.3. The lowest BCUT2D eigenvalue weighted by Crippen LogP contribution is -2.07. The Bertz CT molecular complexity index is 949. The Morgan fingerprint density at radius 3 is 2.63 bits per heavy atom. The number of carbonyl (C=O) groups is 1. The second-order valence-electron chi connectivity index (χ2n) is 6.19. The molecule has 0 aliphatic heterocycles. The molecule has 0 aliphatic rings. The highest BCUT2D eigenvalue weighted by Crippen LogP contribution is 2.24. The molecule has 0 saturated heterocycles. The van der Waals surface area contributed by atoms with E-state index < -0.39 is 0 Å². The van der Waals surface area contributed by atoms with Crippen molar-refractivity contribution in [3.05, 3.63) is 95.6 Å². The van der Waals surface area contributed by atoms with Crippen LogP contribution in [0.5, 0.6) is 11.5 Å². The highest BCUT2D eigenvalue weighted by Gasteiger charge is 2.04. The number of rotatable bonds is 6. The number of hydrogen-bond donors (Lipinski definition) is 2. The summed E-state index contributed by atoms with van der Waals surface area (Å²) >= 11 is 0. The number of nitrogens with one attached hydrogen (secondary N) is 1. The highest BCUT2D eigenvalue weighted by atomic mass is 16.5. The summed E-state index contributed by atoms with van der Waals surface area (Å²) in [5.41, 5.74) is 3.25. The van der Waals surface area contributed by atoms with E-state index in [0.717, 1.165) is 22.4 Å². The molecule has 0 bridgehead atoms. The molecule has 136 valence electrons. The molecule has 0 unspecified atom stereocenters. The van der Waals surface area contributed by atoms with E-state index in [-0.39, 0.29) is 11.7 Å². The van der Waals surface area contributed by atoms with Gasteiger partial charge in [0.25, 0.3) is 0 Å². The van der Waals surface area contributed by atoms with Crippen LogP contribution >= 0.6 is 0 Å². The first-order chi connectivity index (χ1) is 13.1. The van der Waals surface area contributed by atoms with Gasteiger partial charge in [0, 0.05) is 6.08 Å². The molecule has 3 aromatic carbocycles. The summed E-state index contributed by atoms with van der Waals surface area (Å²) in [6, 6.07) is 22.6. The predicted octanol–water partition coefficient (Wildman–Crippen LogP) is 4.93. The van der Waals surface area contributed by atoms with Gasteiger partial charge in [0.15, 0.2) is 0 Å². The lowest BCUT2D eigenvalue weighted by atomic mass is 10.2. The number of anilines is 1. The van der Waals surface area contributed by atoms with E-state index in [1.807, 2.05) is 67.6 Å². The Morgan fingerprint density at radius 2 is 1.85 bits per heavy atom. The number of carbonyl (C=O) groups excluding carboxylic acids is 1. The van der Waals surface area contributed by atoms with E-state index in [0.29, 0.717) is 12.3 Å². The molecule has 0 aromatic heterocycles. The van der Waals surface area contributed by atoms with Crippen molar-refractivity contribution in [2.24, 2.45) is 0 Å². The zero-order chi connectivity index (χ0) is 19.1. The zero-order valence-corrected chi connectivity index (χ0v) is 15.1. The summed E-state index contributed by atoms with van der Waals surface area (Å²) in [5, 5.41) is 12.5. The smallest absolute Gasteiger partial charge is 0.248 e. The van der Waals surface area contributed by atoms with E-state index >= 15 is 0 Å². The molecular weight excluding hydrogens is 338 g/mol. The second kappa shape index (κ2) is 8.72. The van der Waals surface area contributed by atoms with Crippen molar-refractivity contribution < 1.29 is 14.6 Å². The Kier molecular flexibility index (Phi) is 5.90. The molecule has 0 atom stereocenters. The van der Waals surface area contributed by atoms with Crippen LogP contribution in [-0.4, -0.2) is 11.0 Å². The van der Waals surface area contributed by atoms with Gasteiger partial charge >= 0.3 is 0 Å². The Hall–Kier alpha value is -3.53. The minimum Gasteiger partial charge on any atom is -0.506 e. The first-order valence-corrected chi connectivity index (χ1v) is 8.65. The van der Waals surface area contributed by atoms with Gasteiger partial charge in [-0.05, 0) is 54.0 Å². The molecule has 0 spiro atoms. The fourth-order valence-corrected chi connectivity index (χ4v) is 2.54. The largest absolute Gasteiger partial charge is 0.506 e. The predicted molar refractivity (Wildman–Crippen MR) is 108 cm³/mol. The number of amides is 1. The second-order valence-corrected chi connectivity index (χ2v) is 6.19. The molecule has 27 heavy (non-hydrogen) atoms. The lowest BCUT2D eigenvalue weighted by Gasteiger charge is -2.07. The van der Waals surface area contributed by atoms with Gasteiger partial charge < -0.3 is 15.2 Å². The van der Waals surface area contributed by atoms with Crippen LogP contribution in [0.4, 0.5) is 5.69 Å². The van der Waals surface area contributed by atoms with E-state index in [2.05, 4.69) is 5.32 Å². The standard InChI is InChI=1S/C23H21NO3/c1-17-10-12-21(22(25)14-17)24-23(26)13-11-18-8-5-9-20(15-18)27-16-19-6-3-2-4-7-19/h2-15,25H,16H2,1H3,(H,24,26)/b13-11+. The number of phenolic OH excluding ortho intramolecular Hbond substituents is 1. The van der Waals surface area contributed by atoms with Crippen LogP contribution in [0.3, 0.4) is 0 Å².